The van der Waals surface area contributed by atoms with E-state index in [1.807, 2.05) is 41.3 Å². The van der Waals surface area contributed by atoms with Crippen LogP contribution < -0.4 is 10.6 Å². The molecule has 2 aliphatic heterocycles. The van der Waals surface area contributed by atoms with Crippen molar-refractivity contribution >= 4 is 69.4 Å². The molecule has 0 bridgehead atoms. The predicted molar refractivity (Wildman–Crippen MR) is 277 cm³/mol. The van der Waals surface area contributed by atoms with Crippen molar-refractivity contribution in [2.24, 2.45) is 10.8 Å². The van der Waals surface area contributed by atoms with Crippen molar-refractivity contribution in [3.8, 4) is 0 Å². The Hall–Kier alpha value is -5.00. The number of likely N-dealkylation sites (tertiary alicyclic amines) is 2. The van der Waals surface area contributed by atoms with E-state index < -0.39 is 28.6 Å². The molecule has 0 aliphatic carbocycles. The van der Waals surface area contributed by atoms with Crippen molar-refractivity contribution in [2.45, 2.75) is 90.1 Å². The minimum atomic E-state index is -3.03. The number of carboxylic acids is 1. The number of aromatic nitrogens is 6. The van der Waals surface area contributed by atoms with Gasteiger partial charge >= 0.3 is 17.8 Å². The highest BCUT2D eigenvalue weighted by Gasteiger charge is 2.39. The van der Waals surface area contributed by atoms with Gasteiger partial charge in [0.15, 0.2) is 0 Å². The number of H-pyrrole nitrogens is 1. The molecule has 73 heavy (non-hydrogen) atoms. The quantitative estimate of drug-likeness (QED) is 0.0445. The van der Waals surface area contributed by atoms with E-state index in [0.29, 0.717) is 68.2 Å². The maximum atomic E-state index is 14.7. The van der Waals surface area contributed by atoms with Crippen LogP contribution in [0, 0.1) is 10.8 Å². The second-order valence-electron chi connectivity index (χ2n) is 19.3. The topological polar surface area (TPSA) is 198 Å². The van der Waals surface area contributed by atoms with Crippen LogP contribution in [0.4, 0.5) is 29.2 Å². The molecule has 0 aromatic carbocycles. The molecule has 6 aromatic rings. The third-order valence-corrected chi connectivity index (χ3v) is 15.0. The molecule has 6 aromatic heterocycles. The lowest BCUT2D eigenvalue weighted by molar-refractivity contribution is -0.148. The highest BCUT2D eigenvalue weighted by atomic mass is 35.5. The number of aliphatic hydroxyl groups is 2. The van der Waals surface area contributed by atoms with Gasteiger partial charge in [0.25, 0.3) is 5.91 Å². The molecule has 2 aliphatic rings. The summed E-state index contributed by atoms with van der Waals surface area (Å²) in [5.41, 5.74) is -0.600. The van der Waals surface area contributed by atoms with Gasteiger partial charge in [0.2, 0.25) is 0 Å². The summed E-state index contributed by atoms with van der Waals surface area (Å²) in [6, 6.07) is 20.6. The Labute approximate surface area is 440 Å². The van der Waals surface area contributed by atoms with E-state index in [0.717, 1.165) is 44.1 Å². The number of carboxylic acid groups (broad SMARTS) is 1. The Morgan fingerprint density at radius 1 is 0.712 bits per heavy atom. The number of halogens is 6. The van der Waals surface area contributed by atoms with Crippen molar-refractivity contribution in [3.05, 3.63) is 126 Å². The van der Waals surface area contributed by atoms with E-state index in [-0.39, 0.29) is 49.5 Å². The summed E-state index contributed by atoms with van der Waals surface area (Å²) in [6.45, 7) is 8.33. The number of alkyl halides is 4. The minimum Gasteiger partial charge on any atom is -0.481 e. The number of nitrogens with zero attached hydrogens (tertiary/aromatic N) is 7. The summed E-state index contributed by atoms with van der Waals surface area (Å²) < 4.78 is 61.0. The number of nitrogens with one attached hydrogen (secondary N) is 3. The van der Waals surface area contributed by atoms with Gasteiger partial charge in [-0.1, -0.05) is 35.3 Å². The lowest BCUT2D eigenvalue weighted by Gasteiger charge is -2.33. The molecule has 0 atom stereocenters. The molecule has 0 spiro atoms. The van der Waals surface area contributed by atoms with Gasteiger partial charge in [-0.3, -0.25) is 34.5 Å². The molecular formula is C50H62Cl2F4N10O5S2. The van der Waals surface area contributed by atoms with Crippen LogP contribution in [0.3, 0.4) is 0 Å². The molecule has 15 nitrogen and oxygen atoms in total. The van der Waals surface area contributed by atoms with Crippen LogP contribution >= 0.6 is 45.9 Å². The maximum absolute atomic E-state index is 14.7. The number of pyridine rings is 2. The SMILES string of the molecule is CC(C)(CO)C(=O)O.CC(C)(CO)C(=O)n1nc(C2CCN(CC(F)(F)c3ccccn3)CC2)cc1NCc1ccc(Cl)s1.FC(F)(CN1CCC(c2cc(NCc3ccc(Cl)s3)n[nH]2)CC1)c1ccccn1. The Balaban J connectivity index is 0.000000210. The summed E-state index contributed by atoms with van der Waals surface area (Å²) in [7, 11) is 0. The average molecular weight is 1090 g/mol. The van der Waals surface area contributed by atoms with Crippen LogP contribution in [-0.4, -0.2) is 119 Å². The number of hydrogen-bond donors (Lipinski definition) is 6. The molecule has 8 rings (SSSR count). The van der Waals surface area contributed by atoms with Gasteiger partial charge in [-0.25, -0.2) is 0 Å². The van der Waals surface area contributed by atoms with E-state index in [1.165, 1.54) is 65.7 Å². The first kappa shape index (κ1) is 57.3. The van der Waals surface area contributed by atoms with Crippen molar-refractivity contribution in [1.82, 2.24) is 39.7 Å². The zero-order chi connectivity index (χ0) is 53.0. The second-order valence-corrected chi connectivity index (χ2v) is 22.9. The van der Waals surface area contributed by atoms with Crippen molar-refractivity contribution in [1.29, 1.82) is 0 Å². The molecule has 396 valence electrons. The zero-order valence-electron chi connectivity index (χ0n) is 41.0. The molecule has 8 heterocycles. The van der Waals surface area contributed by atoms with Gasteiger partial charge in [-0.05, 0) is 128 Å². The number of piperidine rings is 2. The molecule has 0 radical (unpaired) electrons. The van der Waals surface area contributed by atoms with Crippen molar-refractivity contribution < 1.29 is 42.5 Å². The average Bonchev–Trinajstić information content (AvgIpc) is 4.22. The highest BCUT2D eigenvalue weighted by molar-refractivity contribution is 7.16. The Bertz CT molecular complexity index is 2670. The Morgan fingerprint density at radius 2 is 1.21 bits per heavy atom. The standard InChI is InChI=1S/C25H30ClF2N5O2S.C20H22ClF2N5S.C5H10O3/c1-24(2,16-34)23(35)33-22(30-14-18-6-7-21(26)36-18)13-19(31-33)17-8-11-32(12-9-17)15-25(27,28)20-5-3-4-10-29-20;21-18-5-4-15(29-18)12-25-19-11-16(26-27-19)14-6-9-28(10-7-14)13-20(22,23)17-3-1-2-8-24-17;1-5(2,3-6)4(7)8/h3-7,10,13,17,30,34H,8-9,11-12,14-16H2,1-2H3;1-5,8,11,14H,6-7,9-10,12-13H2,(H2,25,26,27);6H,3H2,1-2H3,(H,7,8). The largest absolute Gasteiger partial charge is 0.481 e. The lowest BCUT2D eigenvalue weighted by atomic mass is 9.93. The normalized spacial score (nSPS) is 15.5. The van der Waals surface area contributed by atoms with Crippen molar-refractivity contribution in [2.75, 3.05) is 63.1 Å². The predicted octanol–water partition coefficient (Wildman–Crippen LogP) is 10.4. The van der Waals surface area contributed by atoms with E-state index in [2.05, 4.69) is 35.9 Å². The minimum absolute atomic E-state index is 0.0349. The third-order valence-electron chi connectivity index (χ3n) is 12.6. The number of hydrogen-bond acceptors (Lipinski definition) is 14. The van der Waals surface area contributed by atoms with Crippen LogP contribution in [0.15, 0.2) is 85.2 Å². The first-order valence-electron chi connectivity index (χ1n) is 23.7. The fourth-order valence-corrected chi connectivity index (χ4v) is 9.91. The van der Waals surface area contributed by atoms with Gasteiger partial charge in [0.1, 0.15) is 23.0 Å². The molecule has 0 amide bonds. The van der Waals surface area contributed by atoms with E-state index in [9.17, 15) is 32.3 Å². The molecule has 2 saturated heterocycles. The van der Waals surface area contributed by atoms with Crippen LogP contribution in [0.2, 0.25) is 8.67 Å². The number of anilines is 2. The van der Waals surface area contributed by atoms with Gasteiger partial charge in [-0.15, -0.1) is 22.7 Å². The molecule has 0 saturated carbocycles. The summed E-state index contributed by atoms with van der Waals surface area (Å²) in [4.78, 5) is 36.6. The number of aliphatic hydroxyl groups excluding tert-OH is 2. The lowest BCUT2D eigenvalue weighted by Crippen LogP contribution is -2.40. The van der Waals surface area contributed by atoms with E-state index in [1.54, 1.807) is 43.0 Å². The number of rotatable bonds is 18. The highest BCUT2D eigenvalue weighted by Crippen LogP contribution is 2.36. The van der Waals surface area contributed by atoms with Crippen LogP contribution in [0.5, 0.6) is 0 Å². The fraction of sp³-hybridized carbons (Fsp3) is 0.480. The van der Waals surface area contributed by atoms with E-state index in [4.69, 9.17) is 33.4 Å². The maximum Gasteiger partial charge on any atom is 0.311 e. The molecule has 6 N–H and O–H groups in total. The zero-order valence-corrected chi connectivity index (χ0v) is 44.2. The third kappa shape index (κ3) is 16.2. The molecule has 0 unspecified atom stereocenters. The second kappa shape index (κ2) is 25.5. The van der Waals surface area contributed by atoms with Crippen molar-refractivity contribution in [3.63, 3.8) is 0 Å². The number of thiophene rings is 2. The van der Waals surface area contributed by atoms with Gasteiger partial charge < -0.3 is 26.0 Å². The van der Waals surface area contributed by atoms with E-state index >= 15 is 0 Å². The monoisotopic (exact) mass is 1090 g/mol. The summed E-state index contributed by atoms with van der Waals surface area (Å²) >= 11 is 15.0. The number of aromatic amines is 1. The molecular weight excluding hydrogens is 1030 g/mol. The first-order valence-corrected chi connectivity index (χ1v) is 26.1. The van der Waals surface area contributed by atoms with Gasteiger partial charge in [0, 0.05) is 51.8 Å². The summed E-state index contributed by atoms with van der Waals surface area (Å²) in [5, 5.41) is 45.0. The van der Waals surface area contributed by atoms with Crippen LogP contribution in [0.25, 0.3) is 0 Å². The first-order chi connectivity index (χ1) is 34.6. The smallest absolute Gasteiger partial charge is 0.311 e. The van der Waals surface area contributed by atoms with Crippen LogP contribution in [-0.2, 0) is 29.7 Å². The summed E-state index contributed by atoms with van der Waals surface area (Å²) in [5.74, 6) is -5.61. The number of carbonyl (C=O) groups excluding carboxylic acids is 1. The Kier molecular flexibility index (Phi) is 20.0. The molecule has 23 heteroatoms. The fourth-order valence-electron chi connectivity index (χ4n) is 7.86. The van der Waals surface area contributed by atoms with Crippen LogP contribution in [0.1, 0.15) is 103 Å². The van der Waals surface area contributed by atoms with Gasteiger partial charge in [-0.2, -0.15) is 32.4 Å². The number of aliphatic carboxylic acids is 1. The Morgan fingerprint density at radius 3 is 1.63 bits per heavy atom. The van der Waals surface area contributed by atoms with Gasteiger partial charge in [0.05, 0.1) is 64.6 Å². The molecule has 2 fully saturated rings. The number of carbonyl (C=O) groups is 2. The summed E-state index contributed by atoms with van der Waals surface area (Å²) in [6.07, 6.45) is 5.72.